The fourth-order valence-electron chi connectivity index (χ4n) is 5.40. The van der Waals surface area contributed by atoms with Gasteiger partial charge in [-0.3, -0.25) is 4.79 Å². The highest BCUT2D eigenvalue weighted by atomic mass is 16.4. The monoisotopic (exact) mass is 293 g/mol. The number of carbonyl (C=O) groups is 1. The van der Waals surface area contributed by atoms with Crippen LogP contribution in [0.1, 0.15) is 66.2 Å². The van der Waals surface area contributed by atoms with Crippen molar-refractivity contribution in [3.63, 3.8) is 0 Å². The summed E-state index contributed by atoms with van der Waals surface area (Å²) < 4.78 is 0. The number of carboxylic acid groups (broad SMARTS) is 1. The topological polar surface area (TPSA) is 49.3 Å². The Kier molecular flexibility index (Phi) is 3.44. The largest absolute Gasteiger partial charge is 0.481 e. The van der Waals surface area contributed by atoms with E-state index in [4.69, 9.17) is 0 Å². The van der Waals surface area contributed by atoms with Gasteiger partial charge < -0.3 is 10.4 Å². The second-order valence-electron chi connectivity index (χ2n) is 9.33. The zero-order chi connectivity index (χ0) is 15.5. The van der Waals surface area contributed by atoms with Gasteiger partial charge in [-0.05, 0) is 89.4 Å². The van der Waals surface area contributed by atoms with Crippen LogP contribution in [-0.4, -0.2) is 23.2 Å². The molecule has 0 saturated heterocycles. The lowest BCUT2D eigenvalue weighted by molar-refractivity contribution is -0.151. The molecule has 21 heavy (non-hydrogen) atoms. The Balaban J connectivity index is 1.69. The number of carboxylic acids is 1. The highest BCUT2D eigenvalue weighted by Gasteiger charge is 2.52. The maximum absolute atomic E-state index is 11.6. The number of nitrogens with one attached hydrogen (secondary N) is 1. The quantitative estimate of drug-likeness (QED) is 0.813. The molecule has 4 saturated carbocycles. The van der Waals surface area contributed by atoms with Crippen LogP contribution in [0.3, 0.4) is 0 Å². The molecule has 4 rings (SSSR count). The summed E-state index contributed by atoms with van der Waals surface area (Å²) in [6.07, 6.45) is 8.50. The highest BCUT2D eigenvalue weighted by molar-refractivity contribution is 5.75. The van der Waals surface area contributed by atoms with Crippen molar-refractivity contribution >= 4 is 5.97 Å². The summed E-state index contributed by atoms with van der Waals surface area (Å²) >= 11 is 0. The third kappa shape index (κ3) is 2.52. The first-order valence-electron chi connectivity index (χ1n) is 8.62. The van der Waals surface area contributed by atoms with Gasteiger partial charge in [0.25, 0.3) is 0 Å². The predicted molar refractivity (Wildman–Crippen MR) is 84.1 cm³/mol. The molecule has 4 aliphatic rings. The van der Waals surface area contributed by atoms with Crippen LogP contribution in [0.15, 0.2) is 0 Å². The molecule has 4 aliphatic carbocycles. The number of hydrogen-bond acceptors (Lipinski definition) is 2. The fourth-order valence-corrected chi connectivity index (χ4v) is 5.40. The van der Waals surface area contributed by atoms with Crippen molar-refractivity contribution in [2.24, 2.45) is 28.6 Å². The van der Waals surface area contributed by atoms with Crippen molar-refractivity contribution in [3.8, 4) is 0 Å². The van der Waals surface area contributed by atoms with Crippen LogP contribution in [0.2, 0.25) is 0 Å². The summed E-state index contributed by atoms with van der Waals surface area (Å²) in [6.45, 7) is 8.76. The van der Waals surface area contributed by atoms with E-state index in [1.165, 1.54) is 38.5 Å². The molecule has 0 radical (unpaired) electrons. The molecular formula is C18H31NO2. The fraction of sp³-hybridized carbons (Fsp3) is 0.944. The zero-order valence-electron chi connectivity index (χ0n) is 14.0. The van der Waals surface area contributed by atoms with E-state index in [1.807, 2.05) is 27.7 Å². The molecule has 4 bridgehead atoms. The Labute approximate surface area is 128 Å². The summed E-state index contributed by atoms with van der Waals surface area (Å²) in [5, 5.41) is 13.2. The minimum Gasteiger partial charge on any atom is -0.481 e. The van der Waals surface area contributed by atoms with Crippen LogP contribution in [0, 0.1) is 28.6 Å². The smallest absolute Gasteiger partial charge is 0.310 e. The van der Waals surface area contributed by atoms with E-state index in [0.29, 0.717) is 5.41 Å². The maximum atomic E-state index is 11.6. The van der Waals surface area contributed by atoms with E-state index in [-0.39, 0.29) is 5.54 Å². The van der Waals surface area contributed by atoms with Gasteiger partial charge in [0.2, 0.25) is 0 Å². The molecule has 0 aromatic heterocycles. The number of aliphatic carboxylic acids is 1. The van der Waals surface area contributed by atoms with Gasteiger partial charge in [-0.2, -0.15) is 0 Å². The Hall–Kier alpha value is -0.570. The maximum Gasteiger partial charge on any atom is 0.310 e. The summed E-state index contributed by atoms with van der Waals surface area (Å²) in [7, 11) is 0. The van der Waals surface area contributed by atoms with Gasteiger partial charge in [0.15, 0.2) is 0 Å². The molecule has 3 nitrogen and oxygen atoms in total. The SMILES string of the molecule is CC(C)(NCC12CC3CC(CC(C3)C1)C2)C(C)(C)C(=O)O. The molecule has 0 spiro atoms. The molecule has 0 aliphatic heterocycles. The Bertz CT molecular complexity index is 403. The van der Waals surface area contributed by atoms with Gasteiger partial charge in [0, 0.05) is 12.1 Å². The molecule has 0 heterocycles. The Morgan fingerprint density at radius 2 is 1.48 bits per heavy atom. The van der Waals surface area contributed by atoms with E-state index >= 15 is 0 Å². The highest BCUT2D eigenvalue weighted by Crippen LogP contribution is 2.59. The molecule has 3 heteroatoms. The lowest BCUT2D eigenvalue weighted by Gasteiger charge is -2.58. The van der Waals surface area contributed by atoms with Gasteiger partial charge in [0.05, 0.1) is 5.41 Å². The van der Waals surface area contributed by atoms with Crippen LogP contribution < -0.4 is 5.32 Å². The van der Waals surface area contributed by atoms with Crippen molar-refractivity contribution in [1.29, 1.82) is 0 Å². The first-order chi connectivity index (χ1) is 9.64. The van der Waals surface area contributed by atoms with E-state index in [2.05, 4.69) is 5.32 Å². The average molecular weight is 293 g/mol. The molecule has 0 aromatic carbocycles. The van der Waals surface area contributed by atoms with Crippen LogP contribution in [0.4, 0.5) is 0 Å². The lowest BCUT2D eigenvalue weighted by atomic mass is 9.49. The first-order valence-corrected chi connectivity index (χ1v) is 8.62. The van der Waals surface area contributed by atoms with Gasteiger partial charge in [-0.15, -0.1) is 0 Å². The van der Waals surface area contributed by atoms with Crippen molar-refractivity contribution < 1.29 is 9.90 Å². The van der Waals surface area contributed by atoms with Gasteiger partial charge in [-0.1, -0.05) is 0 Å². The lowest BCUT2D eigenvalue weighted by Crippen LogP contribution is -2.59. The van der Waals surface area contributed by atoms with E-state index in [9.17, 15) is 9.90 Å². The van der Waals surface area contributed by atoms with Crippen LogP contribution in [0.25, 0.3) is 0 Å². The summed E-state index contributed by atoms with van der Waals surface area (Å²) in [5.74, 6) is 2.14. The summed E-state index contributed by atoms with van der Waals surface area (Å²) in [5.41, 5.74) is -0.682. The molecule has 0 amide bonds. The van der Waals surface area contributed by atoms with Gasteiger partial charge in [-0.25, -0.2) is 0 Å². The van der Waals surface area contributed by atoms with Crippen molar-refractivity contribution in [2.45, 2.75) is 71.8 Å². The second kappa shape index (κ2) is 4.71. The Morgan fingerprint density at radius 1 is 1.05 bits per heavy atom. The first kappa shape index (κ1) is 15.3. The third-order valence-electron chi connectivity index (χ3n) is 7.17. The average Bonchev–Trinajstić information content (AvgIpc) is 2.34. The van der Waals surface area contributed by atoms with Crippen molar-refractivity contribution in [2.75, 3.05) is 6.54 Å². The zero-order valence-corrected chi connectivity index (χ0v) is 14.0. The van der Waals surface area contributed by atoms with Crippen molar-refractivity contribution in [1.82, 2.24) is 5.32 Å². The van der Waals surface area contributed by atoms with Gasteiger partial charge >= 0.3 is 5.97 Å². The molecule has 0 atom stereocenters. The standard InChI is InChI=1S/C18H31NO2/c1-16(2,15(20)21)17(3,4)19-11-18-8-12-5-13(9-18)7-14(6-12)10-18/h12-14,19H,5-11H2,1-4H3,(H,20,21). The van der Waals surface area contributed by atoms with Crippen LogP contribution >= 0.6 is 0 Å². The Morgan fingerprint density at radius 3 is 1.86 bits per heavy atom. The molecule has 0 aromatic rings. The minimum absolute atomic E-state index is 0.387. The predicted octanol–water partition coefficient (Wildman–Crippen LogP) is 3.68. The number of hydrogen-bond donors (Lipinski definition) is 2. The second-order valence-corrected chi connectivity index (χ2v) is 9.33. The summed E-state index contributed by atoms with van der Waals surface area (Å²) in [4.78, 5) is 11.6. The van der Waals surface area contributed by atoms with E-state index in [1.54, 1.807) is 0 Å². The molecule has 0 unspecified atom stereocenters. The van der Waals surface area contributed by atoms with E-state index < -0.39 is 11.4 Å². The molecule has 2 N–H and O–H groups in total. The number of rotatable bonds is 5. The normalized spacial score (nSPS) is 38.8. The minimum atomic E-state index is -0.755. The molecular weight excluding hydrogens is 262 g/mol. The van der Waals surface area contributed by atoms with Crippen molar-refractivity contribution in [3.05, 3.63) is 0 Å². The van der Waals surface area contributed by atoms with Crippen LogP contribution in [0.5, 0.6) is 0 Å². The molecule has 4 fully saturated rings. The van der Waals surface area contributed by atoms with Crippen LogP contribution in [-0.2, 0) is 4.79 Å². The third-order valence-corrected chi connectivity index (χ3v) is 7.17. The van der Waals surface area contributed by atoms with E-state index in [0.717, 1.165) is 24.3 Å². The summed E-state index contributed by atoms with van der Waals surface area (Å²) in [6, 6.07) is 0. The molecule has 120 valence electrons. The van der Waals surface area contributed by atoms with Gasteiger partial charge in [0.1, 0.15) is 0 Å².